The van der Waals surface area contributed by atoms with E-state index in [4.69, 9.17) is 10.8 Å². The third-order valence-electron chi connectivity index (χ3n) is 8.65. The summed E-state index contributed by atoms with van der Waals surface area (Å²) in [7, 11) is -3.35. The molecule has 44 heavy (non-hydrogen) atoms. The van der Waals surface area contributed by atoms with E-state index in [0.717, 1.165) is 57.3 Å². The highest BCUT2D eigenvalue weighted by Gasteiger charge is 2.29. The Morgan fingerprint density at radius 2 is 1.77 bits per heavy atom. The molecule has 1 amide bonds. The van der Waals surface area contributed by atoms with Crippen LogP contribution in [0.2, 0.25) is 0 Å². The van der Waals surface area contributed by atoms with E-state index in [-0.39, 0.29) is 24.9 Å². The van der Waals surface area contributed by atoms with Crippen molar-refractivity contribution in [3.8, 4) is 22.5 Å². The molecule has 1 saturated heterocycles. The number of anilines is 1. The molecule has 1 saturated carbocycles. The second-order valence-electron chi connectivity index (χ2n) is 12.3. The van der Waals surface area contributed by atoms with Crippen molar-refractivity contribution < 1.29 is 17.6 Å². The van der Waals surface area contributed by atoms with Gasteiger partial charge in [0.2, 0.25) is 10.0 Å². The molecular formula is C33H35FN6O3S. The van der Waals surface area contributed by atoms with Crippen molar-refractivity contribution in [1.82, 2.24) is 19.1 Å². The molecule has 228 valence electrons. The number of sulfonamides is 1. The highest BCUT2D eigenvalue weighted by molar-refractivity contribution is 7.92. The first-order chi connectivity index (χ1) is 21.0. The number of benzene rings is 2. The average molecular weight is 615 g/mol. The maximum Gasteiger partial charge on any atom is 0.255 e. The first kappa shape index (κ1) is 28.5. The lowest BCUT2D eigenvalue weighted by Crippen LogP contribution is -2.50. The number of amides is 1. The number of alkyl halides is 1. The van der Waals surface area contributed by atoms with Crippen LogP contribution in [0.3, 0.4) is 0 Å². The third-order valence-corrected chi connectivity index (χ3v) is 9.25. The zero-order chi connectivity index (χ0) is 30.7. The molecule has 1 aliphatic carbocycles. The van der Waals surface area contributed by atoms with E-state index in [0.29, 0.717) is 23.7 Å². The number of aryl methyl sites for hydroxylation is 1. The summed E-state index contributed by atoms with van der Waals surface area (Å²) < 4.78 is 44.0. The van der Waals surface area contributed by atoms with Crippen LogP contribution in [0.1, 0.15) is 35.2 Å². The van der Waals surface area contributed by atoms with Crippen LogP contribution in [-0.2, 0) is 16.6 Å². The number of nitrogens with two attached hydrogens (primary N) is 1. The van der Waals surface area contributed by atoms with Gasteiger partial charge in [-0.2, -0.15) is 5.10 Å². The van der Waals surface area contributed by atoms with Gasteiger partial charge in [-0.15, -0.1) is 0 Å². The van der Waals surface area contributed by atoms with E-state index in [1.165, 1.54) is 17.7 Å². The molecule has 9 nitrogen and oxygen atoms in total. The highest BCUT2D eigenvalue weighted by atomic mass is 32.2. The first-order valence-corrected chi connectivity index (χ1v) is 16.8. The smallest absolute Gasteiger partial charge is 0.255 e. The fourth-order valence-electron chi connectivity index (χ4n) is 6.30. The first-order valence-electron chi connectivity index (χ1n) is 14.9. The number of hydrogen-bond acceptors (Lipinski definition) is 5. The van der Waals surface area contributed by atoms with Crippen molar-refractivity contribution in [2.24, 2.45) is 11.7 Å². The Morgan fingerprint density at radius 1 is 1.02 bits per heavy atom. The number of fused-ring (bicyclic) bond motifs is 2. The molecule has 3 N–H and O–H groups in total. The molecule has 2 atom stereocenters. The maximum atomic E-state index is 14.2. The molecule has 4 heterocycles. The van der Waals surface area contributed by atoms with Gasteiger partial charge >= 0.3 is 0 Å². The molecule has 0 radical (unpaired) electrons. The minimum atomic E-state index is -3.35. The summed E-state index contributed by atoms with van der Waals surface area (Å²) in [6.45, 7) is 3.33. The zero-order valence-electron chi connectivity index (χ0n) is 24.7. The van der Waals surface area contributed by atoms with Crippen molar-refractivity contribution in [1.29, 1.82) is 0 Å². The summed E-state index contributed by atoms with van der Waals surface area (Å²) in [6, 6.07) is 19.3. The largest absolute Gasteiger partial charge is 0.339 e. The topological polar surface area (TPSA) is 115 Å². The summed E-state index contributed by atoms with van der Waals surface area (Å²) in [6.07, 6.45) is 4.42. The average Bonchev–Trinajstić information content (AvgIpc) is 3.65. The predicted octanol–water partition coefficient (Wildman–Crippen LogP) is 5.22. The molecule has 3 aromatic heterocycles. The Bertz CT molecular complexity index is 2000. The number of likely N-dealkylation sites (tertiary alicyclic amines) is 1. The van der Waals surface area contributed by atoms with Crippen LogP contribution in [-0.4, -0.2) is 65.0 Å². The number of rotatable bonds is 7. The second kappa shape index (κ2) is 10.7. The Labute approximate surface area is 255 Å². The van der Waals surface area contributed by atoms with Crippen molar-refractivity contribution in [2.45, 2.75) is 44.9 Å². The minimum absolute atomic E-state index is 0.0545. The molecule has 11 heteroatoms. The second-order valence-corrected chi connectivity index (χ2v) is 14.1. The Morgan fingerprint density at radius 3 is 2.48 bits per heavy atom. The van der Waals surface area contributed by atoms with Gasteiger partial charge in [-0.05, 0) is 79.6 Å². The number of nitrogens with zero attached hydrogens (tertiary/aromatic N) is 4. The number of carbonyl (C=O) groups is 1. The van der Waals surface area contributed by atoms with Crippen LogP contribution in [0.25, 0.3) is 38.9 Å². The lowest BCUT2D eigenvalue weighted by atomic mass is 10.0. The monoisotopic (exact) mass is 614 g/mol. The summed E-state index contributed by atoms with van der Waals surface area (Å²) in [4.78, 5) is 14.8. The Balaban J connectivity index is 1.26. The summed E-state index contributed by atoms with van der Waals surface area (Å²) >= 11 is 0. The van der Waals surface area contributed by atoms with Crippen LogP contribution in [0.15, 0.2) is 66.9 Å². The lowest BCUT2D eigenvalue weighted by Gasteiger charge is -2.32. The predicted molar refractivity (Wildman–Crippen MR) is 171 cm³/mol. The molecule has 7 rings (SSSR count). The molecular weight excluding hydrogens is 579 g/mol. The van der Waals surface area contributed by atoms with Crippen LogP contribution in [0, 0.1) is 12.8 Å². The minimum Gasteiger partial charge on any atom is -0.339 e. The summed E-state index contributed by atoms with van der Waals surface area (Å²) in [5, 5.41) is 6.08. The number of halogens is 1. The molecule has 2 aromatic carbocycles. The van der Waals surface area contributed by atoms with Crippen LogP contribution >= 0.6 is 0 Å². The highest BCUT2D eigenvalue weighted by Crippen LogP contribution is 2.38. The van der Waals surface area contributed by atoms with Gasteiger partial charge in [0.1, 0.15) is 11.9 Å². The Hall–Kier alpha value is -4.22. The van der Waals surface area contributed by atoms with Crippen LogP contribution < -0.4 is 10.5 Å². The van der Waals surface area contributed by atoms with Gasteiger partial charge in [-0.3, -0.25) is 9.52 Å². The van der Waals surface area contributed by atoms with Crippen molar-refractivity contribution in [3.05, 3.63) is 78.0 Å². The number of hydrogen-bond donors (Lipinski definition) is 2. The van der Waals surface area contributed by atoms with Crippen molar-refractivity contribution >= 4 is 38.0 Å². The van der Waals surface area contributed by atoms with E-state index in [1.54, 1.807) is 28.9 Å². The van der Waals surface area contributed by atoms with Gasteiger partial charge in [0.05, 0.1) is 29.6 Å². The fourth-order valence-corrected chi connectivity index (χ4v) is 6.86. The van der Waals surface area contributed by atoms with Crippen molar-refractivity contribution in [2.75, 3.05) is 24.1 Å². The normalized spacial score (nSPS) is 19.1. The standard InChI is InChI=1S/C33H35FN6O3S/c1-20-29-12-9-25(33(41)38-18-26(34)15-27(35)19-38)17-40(29)36-32(20)31-14-24-6-5-23(13-30(24)39(31)16-21-3-4-21)22-7-10-28(11-8-22)37-44(2,42)43/h5-14,17,21,26-27,37H,3-4,15-16,18-19,35H2,1-2H3/t26-,27-/m1/s1. The van der Waals surface area contributed by atoms with Gasteiger partial charge in [0.25, 0.3) is 5.91 Å². The van der Waals surface area contributed by atoms with E-state index in [2.05, 4.69) is 33.6 Å². The number of piperidine rings is 1. The van der Waals surface area contributed by atoms with Gasteiger partial charge in [0, 0.05) is 47.5 Å². The third kappa shape index (κ3) is 5.57. The number of pyridine rings is 1. The molecule has 0 unspecified atom stereocenters. The maximum absolute atomic E-state index is 14.2. The van der Waals surface area contributed by atoms with Gasteiger partial charge < -0.3 is 15.2 Å². The van der Waals surface area contributed by atoms with E-state index >= 15 is 0 Å². The van der Waals surface area contributed by atoms with Gasteiger partial charge in [-0.25, -0.2) is 17.3 Å². The number of carbonyl (C=O) groups excluding carboxylic acids is 1. The molecule has 2 aliphatic rings. The fraction of sp³-hybridized carbons (Fsp3) is 0.333. The molecule has 1 aliphatic heterocycles. The number of aromatic nitrogens is 3. The number of nitrogens with one attached hydrogen (secondary N) is 1. The van der Waals surface area contributed by atoms with Crippen LogP contribution in [0.4, 0.5) is 10.1 Å². The quantitative estimate of drug-likeness (QED) is 0.261. The van der Waals surface area contributed by atoms with E-state index < -0.39 is 16.2 Å². The summed E-state index contributed by atoms with van der Waals surface area (Å²) in [5.41, 5.74) is 13.9. The molecule has 5 aromatic rings. The van der Waals surface area contributed by atoms with Crippen LogP contribution in [0.5, 0.6) is 0 Å². The molecule has 2 fully saturated rings. The van der Waals surface area contributed by atoms with E-state index in [1.807, 2.05) is 25.1 Å². The molecule has 0 spiro atoms. The Kier molecular flexibility index (Phi) is 6.97. The molecule has 0 bridgehead atoms. The van der Waals surface area contributed by atoms with Gasteiger partial charge in [0.15, 0.2) is 0 Å². The SMILES string of the molecule is Cc1c(-c2cc3ccc(-c4ccc(NS(C)(=O)=O)cc4)cc3n2CC2CC2)nn2cc(C(=O)N3C[C@H](N)C[C@@H](F)C3)ccc12. The lowest BCUT2D eigenvalue weighted by molar-refractivity contribution is 0.0606. The van der Waals surface area contributed by atoms with Crippen molar-refractivity contribution in [3.63, 3.8) is 0 Å². The summed E-state index contributed by atoms with van der Waals surface area (Å²) in [5.74, 6) is 0.376. The van der Waals surface area contributed by atoms with Gasteiger partial charge in [-0.1, -0.05) is 24.3 Å². The van der Waals surface area contributed by atoms with E-state index in [9.17, 15) is 17.6 Å². The zero-order valence-corrected chi connectivity index (χ0v) is 25.5.